The van der Waals surface area contributed by atoms with Gasteiger partial charge in [0.2, 0.25) is 11.0 Å². The number of piperazine rings is 1. The van der Waals surface area contributed by atoms with Crippen LogP contribution in [0.4, 0.5) is 28.4 Å². The number of rotatable bonds is 7. The molecule has 0 radical (unpaired) electrons. The van der Waals surface area contributed by atoms with Crippen LogP contribution in [0.25, 0.3) is 5.57 Å². The molecule has 0 spiro atoms. The van der Waals surface area contributed by atoms with Crippen molar-refractivity contribution in [1.29, 1.82) is 0 Å². The van der Waals surface area contributed by atoms with E-state index in [1.165, 1.54) is 0 Å². The van der Waals surface area contributed by atoms with Gasteiger partial charge in [-0.15, -0.1) is 23.4 Å². The van der Waals surface area contributed by atoms with Crippen molar-refractivity contribution in [3.8, 4) is 5.75 Å². The summed E-state index contributed by atoms with van der Waals surface area (Å²) in [4.78, 5) is 29.3. The third kappa shape index (κ3) is 7.05. The van der Waals surface area contributed by atoms with Crippen LogP contribution < -0.4 is 20.7 Å². The van der Waals surface area contributed by atoms with E-state index in [0.29, 0.717) is 30.7 Å². The number of nitrogens with one attached hydrogen (secondary N) is 3. The van der Waals surface area contributed by atoms with Crippen molar-refractivity contribution in [3.05, 3.63) is 46.4 Å². The Labute approximate surface area is 219 Å². The van der Waals surface area contributed by atoms with Crippen molar-refractivity contribution in [1.82, 2.24) is 25.3 Å². The monoisotopic (exact) mass is 555 g/mol. The molecule has 2 aliphatic heterocycles. The first-order chi connectivity index (χ1) is 18.0. The standard InChI is InChI=1S/C23H25F4N7O3S/c1-13-3-4-28-11-15(13)21-31-32-22(38-21)30-20(36)14-9-17(18(10-16(14)24)37-23(25,26)27)29-19(35)12-34-7-5-33(2)6-8-34/h3-4,9-10,28H,5-8,11-12H2,1-2H3,(H,29,35)(H,30,32,36). The summed E-state index contributed by atoms with van der Waals surface area (Å²) in [6.07, 6.45) is -1.50. The van der Waals surface area contributed by atoms with Crippen LogP contribution in [-0.2, 0) is 4.79 Å². The molecule has 0 saturated carbocycles. The first-order valence-electron chi connectivity index (χ1n) is 11.5. The topological polar surface area (TPSA) is 112 Å². The van der Waals surface area contributed by atoms with Gasteiger partial charge in [-0.1, -0.05) is 11.3 Å². The van der Waals surface area contributed by atoms with Crippen molar-refractivity contribution in [2.45, 2.75) is 13.3 Å². The number of allylic oxidation sites excluding steroid dienone is 2. The Hall–Kier alpha value is -3.56. The molecule has 1 saturated heterocycles. The number of aromatic nitrogens is 2. The van der Waals surface area contributed by atoms with E-state index in [0.717, 1.165) is 41.6 Å². The van der Waals surface area contributed by atoms with E-state index < -0.39 is 41.0 Å². The number of benzene rings is 1. The normalized spacial score (nSPS) is 16.8. The Morgan fingerprint density at radius 3 is 2.58 bits per heavy atom. The van der Waals surface area contributed by atoms with Crippen LogP contribution in [0.3, 0.4) is 0 Å². The van der Waals surface area contributed by atoms with Crippen LogP contribution in [0.2, 0.25) is 0 Å². The Bertz CT molecular complexity index is 1270. The second-order valence-corrected chi connectivity index (χ2v) is 9.72. The number of anilines is 2. The zero-order valence-corrected chi connectivity index (χ0v) is 21.3. The number of ether oxygens (including phenoxy) is 1. The number of alkyl halides is 3. The smallest absolute Gasteiger partial charge is 0.403 e. The van der Waals surface area contributed by atoms with Crippen molar-refractivity contribution < 1.29 is 31.9 Å². The maximum Gasteiger partial charge on any atom is 0.573 e. The largest absolute Gasteiger partial charge is 0.573 e. The molecule has 0 atom stereocenters. The molecule has 10 nitrogen and oxygen atoms in total. The highest BCUT2D eigenvalue weighted by Gasteiger charge is 2.33. The van der Waals surface area contributed by atoms with Crippen LogP contribution in [0.15, 0.2) is 30.0 Å². The summed E-state index contributed by atoms with van der Waals surface area (Å²) in [7, 11) is 1.94. The first kappa shape index (κ1) is 27.5. The number of carbonyl (C=O) groups excluding carboxylic acids is 2. The van der Waals surface area contributed by atoms with E-state index in [1.807, 2.05) is 24.9 Å². The van der Waals surface area contributed by atoms with Gasteiger partial charge in [0.05, 0.1) is 17.8 Å². The van der Waals surface area contributed by atoms with Gasteiger partial charge in [-0.2, -0.15) is 0 Å². The number of carbonyl (C=O) groups is 2. The number of amides is 2. The SMILES string of the molecule is CC1=C(c2nnc(NC(=O)c3cc(NC(=O)CN4CCN(C)CC4)c(OC(F)(F)F)cc3F)s2)CNC=C1. The minimum absolute atomic E-state index is 0.0653. The Morgan fingerprint density at radius 2 is 1.89 bits per heavy atom. The third-order valence-electron chi connectivity index (χ3n) is 5.89. The number of likely N-dealkylation sites (N-methyl/N-ethyl adjacent to an activating group) is 1. The lowest BCUT2D eigenvalue weighted by atomic mass is 10.1. The molecule has 0 aliphatic carbocycles. The van der Waals surface area contributed by atoms with Crippen molar-refractivity contribution in [2.24, 2.45) is 0 Å². The summed E-state index contributed by atoms with van der Waals surface area (Å²) in [5, 5.41) is 16.3. The molecular weight excluding hydrogens is 530 g/mol. The van der Waals surface area contributed by atoms with Gasteiger partial charge in [-0.25, -0.2) is 4.39 Å². The maximum atomic E-state index is 14.8. The molecule has 1 fully saturated rings. The van der Waals surface area contributed by atoms with E-state index in [2.05, 4.69) is 35.8 Å². The second-order valence-electron chi connectivity index (χ2n) is 8.75. The quantitative estimate of drug-likeness (QED) is 0.448. The zero-order chi connectivity index (χ0) is 27.4. The summed E-state index contributed by atoms with van der Waals surface area (Å²) >= 11 is 1.06. The predicted octanol–water partition coefficient (Wildman–Crippen LogP) is 2.90. The molecular formula is C23H25F4N7O3S. The number of dihydropyridines is 1. The first-order valence-corrected chi connectivity index (χ1v) is 12.3. The summed E-state index contributed by atoms with van der Waals surface area (Å²) in [6, 6.07) is 1.21. The molecule has 1 aromatic heterocycles. The van der Waals surface area contributed by atoms with Gasteiger partial charge in [0, 0.05) is 44.4 Å². The predicted molar refractivity (Wildman–Crippen MR) is 133 cm³/mol. The molecule has 204 valence electrons. The molecule has 3 heterocycles. The summed E-state index contributed by atoms with van der Waals surface area (Å²) < 4.78 is 57.5. The van der Waals surface area contributed by atoms with E-state index in [1.54, 1.807) is 6.20 Å². The molecule has 15 heteroatoms. The molecule has 0 unspecified atom stereocenters. The molecule has 2 aromatic rings. The van der Waals surface area contributed by atoms with Crippen molar-refractivity contribution in [3.63, 3.8) is 0 Å². The van der Waals surface area contributed by atoms with Gasteiger partial charge in [0.25, 0.3) is 5.91 Å². The van der Waals surface area contributed by atoms with Gasteiger partial charge in [0.1, 0.15) is 10.8 Å². The van der Waals surface area contributed by atoms with E-state index in [-0.39, 0.29) is 11.7 Å². The molecule has 38 heavy (non-hydrogen) atoms. The highest BCUT2D eigenvalue weighted by molar-refractivity contribution is 7.16. The lowest BCUT2D eigenvalue weighted by molar-refractivity contribution is -0.274. The maximum absolute atomic E-state index is 14.8. The van der Waals surface area contributed by atoms with Gasteiger partial charge < -0.3 is 20.3 Å². The summed E-state index contributed by atoms with van der Waals surface area (Å²) in [6.45, 7) is 4.97. The highest BCUT2D eigenvalue weighted by Crippen LogP contribution is 2.34. The molecule has 1 aromatic carbocycles. The summed E-state index contributed by atoms with van der Waals surface area (Å²) in [5.41, 5.74) is 0.729. The lowest BCUT2D eigenvalue weighted by Crippen LogP contribution is -2.47. The minimum atomic E-state index is -5.15. The van der Waals surface area contributed by atoms with Crippen LogP contribution in [0, 0.1) is 5.82 Å². The zero-order valence-electron chi connectivity index (χ0n) is 20.5. The molecule has 3 N–H and O–H groups in total. The van der Waals surface area contributed by atoms with Crippen molar-refractivity contribution >= 4 is 39.5 Å². The van der Waals surface area contributed by atoms with Gasteiger partial charge in [-0.3, -0.25) is 19.8 Å². The third-order valence-corrected chi connectivity index (χ3v) is 6.78. The van der Waals surface area contributed by atoms with Gasteiger partial charge in [0.15, 0.2) is 5.75 Å². The van der Waals surface area contributed by atoms with E-state index in [4.69, 9.17) is 0 Å². The van der Waals surface area contributed by atoms with Crippen LogP contribution >= 0.6 is 11.3 Å². The van der Waals surface area contributed by atoms with Crippen LogP contribution in [0.1, 0.15) is 22.3 Å². The number of hydrogen-bond donors (Lipinski definition) is 3. The Balaban J connectivity index is 1.53. The summed E-state index contributed by atoms with van der Waals surface area (Å²) in [5.74, 6) is -3.86. The second kappa shape index (κ2) is 11.4. The average Bonchev–Trinajstić information content (AvgIpc) is 3.29. The Morgan fingerprint density at radius 1 is 1.16 bits per heavy atom. The van der Waals surface area contributed by atoms with Crippen LogP contribution in [0.5, 0.6) is 5.75 Å². The van der Waals surface area contributed by atoms with E-state index >= 15 is 0 Å². The van der Waals surface area contributed by atoms with Crippen molar-refractivity contribution in [2.75, 3.05) is 56.9 Å². The minimum Gasteiger partial charge on any atom is -0.403 e. The van der Waals surface area contributed by atoms with Gasteiger partial charge >= 0.3 is 6.36 Å². The fraction of sp³-hybridized carbons (Fsp3) is 0.391. The number of nitrogens with zero attached hydrogens (tertiary/aromatic N) is 4. The highest BCUT2D eigenvalue weighted by atomic mass is 32.1. The van der Waals surface area contributed by atoms with Gasteiger partial charge in [-0.05, 0) is 37.9 Å². The molecule has 2 amide bonds. The average molecular weight is 556 g/mol. The van der Waals surface area contributed by atoms with E-state index in [9.17, 15) is 27.2 Å². The van der Waals surface area contributed by atoms with Crippen LogP contribution in [-0.4, -0.2) is 84.5 Å². The molecule has 4 rings (SSSR count). The molecule has 0 bridgehead atoms. The lowest BCUT2D eigenvalue weighted by Gasteiger charge is -2.31. The number of hydrogen-bond acceptors (Lipinski definition) is 9. The molecule has 2 aliphatic rings. The Kier molecular flexibility index (Phi) is 8.28. The fourth-order valence-electron chi connectivity index (χ4n) is 3.82. The fourth-order valence-corrected chi connectivity index (χ4v) is 4.67. The number of halogens is 4.